The Balaban J connectivity index is 1.48. The molecule has 0 saturated carbocycles. The normalized spacial score (nSPS) is 10.8. The zero-order chi connectivity index (χ0) is 17.9. The average Bonchev–Trinajstić information content (AvgIpc) is 3.28. The van der Waals surface area contributed by atoms with Gasteiger partial charge in [0, 0.05) is 0 Å². The number of hydrogen-bond donors (Lipinski definition) is 1. The Bertz CT molecular complexity index is 1060. The summed E-state index contributed by atoms with van der Waals surface area (Å²) in [6, 6.07) is 15.5. The molecule has 8 heteroatoms. The minimum atomic E-state index is -0.338. The van der Waals surface area contributed by atoms with Crippen molar-refractivity contribution in [2.75, 3.05) is 12.4 Å². The lowest BCUT2D eigenvalue weighted by molar-refractivity contribution is 0.102. The third-order valence-corrected chi connectivity index (χ3v) is 4.71. The second-order valence-corrected chi connectivity index (χ2v) is 6.62. The summed E-state index contributed by atoms with van der Waals surface area (Å²) in [5.74, 6) is 0.415. The number of benzene rings is 2. The molecule has 0 radical (unpaired) electrons. The molecule has 26 heavy (non-hydrogen) atoms. The topological polar surface area (TPSA) is 81.9 Å². The number of hydrogen-bond acceptors (Lipinski definition) is 6. The Morgan fingerprint density at radius 2 is 2.08 bits per heavy atom. The molecule has 7 nitrogen and oxygen atoms in total. The molecule has 0 bridgehead atoms. The van der Waals surface area contributed by atoms with Crippen molar-refractivity contribution in [3.8, 4) is 5.75 Å². The third-order valence-electron chi connectivity index (χ3n) is 3.77. The molecule has 0 saturated heterocycles. The van der Waals surface area contributed by atoms with Gasteiger partial charge in [0.05, 0.1) is 30.1 Å². The molecule has 0 aliphatic rings. The standard InChI is InChI=1S/C18H15N5O2S/c1-25-13-7-8-14-16(9-13)26-18(19-14)20-17(24)15-11-23(22-21-15)10-12-5-3-2-4-6-12/h2-9,11H,10H2,1H3,(H,19,20,24). The molecule has 0 spiro atoms. The van der Waals surface area contributed by atoms with Crippen molar-refractivity contribution in [2.45, 2.75) is 6.54 Å². The quantitative estimate of drug-likeness (QED) is 0.587. The second kappa shape index (κ2) is 6.93. The highest BCUT2D eigenvalue weighted by Gasteiger charge is 2.14. The van der Waals surface area contributed by atoms with E-state index in [1.807, 2.05) is 48.5 Å². The van der Waals surface area contributed by atoms with E-state index < -0.39 is 0 Å². The molecule has 1 N–H and O–H groups in total. The number of ether oxygens (including phenoxy) is 1. The number of methoxy groups -OCH3 is 1. The van der Waals surface area contributed by atoms with E-state index >= 15 is 0 Å². The van der Waals surface area contributed by atoms with E-state index in [9.17, 15) is 4.79 Å². The monoisotopic (exact) mass is 365 g/mol. The molecule has 0 aliphatic carbocycles. The Kier molecular flexibility index (Phi) is 4.32. The van der Waals surface area contributed by atoms with Gasteiger partial charge in [-0.05, 0) is 23.8 Å². The van der Waals surface area contributed by atoms with Gasteiger partial charge in [-0.15, -0.1) is 5.10 Å². The van der Waals surface area contributed by atoms with Crippen molar-refractivity contribution >= 4 is 32.6 Å². The largest absolute Gasteiger partial charge is 0.497 e. The van der Waals surface area contributed by atoms with Gasteiger partial charge in [-0.1, -0.05) is 46.9 Å². The van der Waals surface area contributed by atoms with E-state index in [0.717, 1.165) is 21.5 Å². The van der Waals surface area contributed by atoms with Crippen molar-refractivity contribution in [2.24, 2.45) is 0 Å². The van der Waals surface area contributed by atoms with Crippen LogP contribution in [0.25, 0.3) is 10.2 Å². The highest BCUT2D eigenvalue weighted by Crippen LogP contribution is 2.29. The lowest BCUT2D eigenvalue weighted by Crippen LogP contribution is -2.12. The Morgan fingerprint density at radius 3 is 2.88 bits per heavy atom. The molecule has 2 aromatic carbocycles. The Labute approximate surface area is 153 Å². The SMILES string of the molecule is COc1ccc2nc(NC(=O)c3cn(Cc4ccccc4)nn3)sc2c1. The molecule has 4 aromatic rings. The summed E-state index contributed by atoms with van der Waals surface area (Å²) in [4.78, 5) is 16.8. The summed E-state index contributed by atoms with van der Waals surface area (Å²) in [5.41, 5.74) is 2.14. The maximum Gasteiger partial charge on any atom is 0.279 e. The molecule has 0 aliphatic heterocycles. The fourth-order valence-electron chi connectivity index (χ4n) is 2.50. The number of carbonyl (C=O) groups is 1. The van der Waals surface area contributed by atoms with Crippen LogP contribution in [0.1, 0.15) is 16.1 Å². The van der Waals surface area contributed by atoms with Crippen LogP contribution in [0.4, 0.5) is 5.13 Å². The second-order valence-electron chi connectivity index (χ2n) is 5.59. The first-order valence-electron chi connectivity index (χ1n) is 7.91. The van der Waals surface area contributed by atoms with Gasteiger partial charge in [0.25, 0.3) is 5.91 Å². The highest BCUT2D eigenvalue weighted by molar-refractivity contribution is 7.22. The number of fused-ring (bicyclic) bond motifs is 1. The molecular weight excluding hydrogens is 350 g/mol. The van der Waals surface area contributed by atoms with E-state index in [1.165, 1.54) is 11.3 Å². The van der Waals surface area contributed by atoms with Gasteiger partial charge in [0.15, 0.2) is 10.8 Å². The molecule has 130 valence electrons. The van der Waals surface area contributed by atoms with Crippen LogP contribution in [-0.4, -0.2) is 33.0 Å². The summed E-state index contributed by atoms with van der Waals surface area (Å²) in [5, 5.41) is 11.2. The molecule has 1 amide bonds. The first-order chi connectivity index (χ1) is 12.7. The summed E-state index contributed by atoms with van der Waals surface area (Å²) >= 11 is 1.38. The van der Waals surface area contributed by atoms with Gasteiger partial charge in [-0.25, -0.2) is 9.67 Å². The maximum atomic E-state index is 12.4. The van der Waals surface area contributed by atoms with Gasteiger partial charge in [-0.3, -0.25) is 10.1 Å². The zero-order valence-corrected chi connectivity index (χ0v) is 14.7. The van der Waals surface area contributed by atoms with Crippen molar-refractivity contribution in [1.82, 2.24) is 20.0 Å². The smallest absolute Gasteiger partial charge is 0.279 e. The third kappa shape index (κ3) is 3.40. The lowest BCUT2D eigenvalue weighted by atomic mass is 10.2. The number of aromatic nitrogens is 4. The van der Waals surface area contributed by atoms with E-state index in [0.29, 0.717) is 11.7 Å². The van der Waals surface area contributed by atoms with Crippen LogP contribution < -0.4 is 10.1 Å². The summed E-state index contributed by atoms with van der Waals surface area (Å²) in [6.07, 6.45) is 1.62. The molecular formula is C18H15N5O2S. The van der Waals surface area contributed by atoms with Crippen molar-refractivity contribution in [3.05, 3.63) is 66.0 Å². The van der Waals surface area contributed by atoms with Gasteiger partial charge < -0.3 is 4.74 Å². The number of amides is 1. The lowest BCUT2D eigenvalue weighted by Gasteiger charge is -1.99. The molecule has 0 unspecified atom stereocenters. The number of thiazole rings is 1. The van der Waals surface area contributed by atoms with Crippen molar-refractivity contribution in [1.29, 1.82) is 0 Å². The fourth-order valence-corrected chi connectivity index (χ4v) is 3.39. The van der Waals surface area contributed by atoms with E-state index in [2.05, 4.69) is 20.6 Å². The molecule has 2 heterocycles. The first-order valence-corrected chi connectivity index (χ1v) is 8.73. The van der Waals surface area contributed by atoms with Crippen LogP contribution in [0.5, 0.6) is 5.75 Å². The van der Waals surface area contributed by atoms with Gasteiger partial charge >= 0.3 is 0 Å². The first kappa shape index (κ1) is 16.2. The predicted octanol–water partition coefficient (Wildman–Crippen LogP) is 3.20. The minimum absolute atomic E-state index is 0.248. The summed E-state index contributed by atoms with van der Waals surface area (Å²) in [6.45, 7) is 0.558. The van der Waals surface area contributed by atoms with E-state index in [4.69, 9.17) is 4.74 Å². The van der Waals surface area contributed by atoms with E-state index in [-0.39, 0.29) is 11.6 Å². The molecule has 2 aromatic heterocycles. The van der Waals surface area contributed by atoms with Crippen LogP contribution in [0.15, 0.2) is 54.7 Å². The zero-order valence-electron chi connectivity index (χ0n) is 13.9. The molecule has 4 rings (SSSR count). The Hall–Kier alpha value is -3.26. The van der Waals surface area contributed by atoms with Crippen molar-refractivity contribution < 1.29 is 9.53 Å². The van der Waals surface area contributed by atoms with Crippen LogP contribution in [0.2, 0.25) is 0 Å². The molecule has 0 fully saturated rings. The number of rotatable bonds is 5. The average molecular weight is 365 g/mol. The predicted molar refractivity (Wildman–Crippen MR) is 99.7 cm³/mol. The van der Waals surface area contributed by atoms with Crippen molar-refractivity contribution in [3.63, 3.8) is 0 Å². The minimum Gasteiger partial charge on any atom is -0.497 e. The van der Waals surface area contributed by atoms with Crippen LogP contribution in [0, 0.1) is 0 Å². The number of nitrogens with one attached hydrogen (secondary N) is 1. The maximum absolute atomic E-state index is 12.4. The number of carbonyl (C=O) groups excluding carboxylic acids is 1. The van der Waals surface area contributed by atoms with Crippen LogP contribution in [0.3, 0.4) is 0 Å². The van der Waals surface area contributed by atoms with Gasteiger partial charge in [0.1, 0.15) is 5.75 Å². The van der Waals surface area contributed by atoms with Crippen LogP contribution in [-0.2, 0) is 6.54 Å². The highest BCUT2D eigenvalue weighted by atomic mass is 32.1. The summed E-state index contributed by atoms with van der Waals surface area (Å²) < 4.78 is 7.77. The number of nitrogens with zero attached hydrogens (tertiary/aromatic N) is 4. The molecule has 0 atom stereocenters. The number of anilines is 1. The van der Waals surface area contributed by atoms with Gasteiger partial charge in [-0.2, -0.15) is 0 Å². The van der Waals surface area contributed by atoms with Gasteiger partial charge in [0.2, 0.25) is 0 Å². The fraction of sp³-hybridized carbons (Fsp3) is 0.111. The summed E-state index contributed by atoms with van der Waals surface area (Å²) in [7, 11) is 1.61. The van der Waals surface area contributed by atoms with E-state index in [1.54, 1.807) is 18.0 Å². The Morgan fingerprint density at radius 1 is 1.23 bits per heavy atom. The van der Waals surface area contributed by atoms with Crippen LogP contribution >= 0.6 is 11.3 Å².